The molecule has 0 amide bonds. The molecule has 1 fully saturated rings. The summed E-state index contributed by atoms with van der Waals surface area (Å²) >= 11 is 0. The molecule has 5 N–H and O–H groups in total. The number of rotatable bonds is 2. The summed E-state index contributed by atoms with van der Waals surface area (Å²) in [4.78, 5) is 0. The van der Waals surface area contributed by atoms with Crippen LogP contribution in [0, 0.1) is 0 Å². The first-order chi connectivity index (χ1) is 4.36. The van der Waals surface area contributed by atoms with Crippen LogP contribution in [-0.2, 0) is 0 Å². The molecule has 2 unspecified atom stereocenters. The van der Waals surface area contributed by atoms with Crippen molar-refractivity contribution in [1.82, 2.24) is 5.32 Å². The Hall–Kier alpha value is -0.120. The van der Waals surface area contributed by atoms with Crippen molar-refractivity contribution in [1.29, 1.82) is 0 Å². The van der Waals surface area contributed by atoms with Crippen LogP contribution >= 0.6 is 0 Å². The fourth-order valence-electron chi connectivity index (χ4n) is 1.27. The molecule has 0 aliphatic carbocycles. The highest BCUT2D eigenvalue weighted by Crippen LogP contribution is 2.09. The third-order valence-electron chi connectivity index (χ3n) is 1.90. The van der Waals surface area contributed by atoms with Gasteiger partial charge in [0.1, 0.15) is 0 Å². The largest absolute Gasteiger partial charge is 0.329 e. The maximum absolute atomic E-state index is 5.45. The first-order valence-corrected chi connectivity index (χ1v) is 3.53. The van der Waals surface area contributed by atoms with Gasteiger partial charge in [-0.2, -0.15) is 0 Å². The molecule has 1 aliphatic heterocycles. The topological polar surface area (TPSA) is 64.1 Å². The fraction of sp³-hybridized carbons (Fsp3) is 1.00. The number of hydrogen-bond donors (Lipinski definition) is 3. The zero-order valence-electron chi connectivity index (χ0n) is 5.64. The van der Waals surface area contributed by atoms with E-state index in [1.54, 1.807) is 0 Å². The normalized spacial score (nSPS) is 35.3. The van der Waals surface area contributed by atoms with E-state index < -0.39 is 0 Å². The van der Waals surface area contributed by atoms with E-state index in [9.17, 15) is 0 Å². The van der Waals surface area contributed by atoms with Gasteiger partial charge in [0.05, 0.1) is 0 Å². The molecular formula is C6H15N3. The molecule has 1 heterocycles. The van der Waals surface area contributed by atoms with E-state index in [1.165, 1.54) is 12.8 Å². The second kappa shape index (κ2) is 3.15. The Balaban J connectivity index is 2.20. The van der Waals surface area contributed by atoms with Crippen LogP contribution in [0.2, 0.25) is 0 Å². The summed E-state index contributed by atoms with van der Waals surface area (Å²) < 4.78 is 0. The summed E-state index contributed by atoms with van der Waals surface area (Å²) in [6, 6.07) is 1.05. The molecule has 0 saturated carbocycles. The second-order valence-electron chi connectivity index (χ2n) is 2.61. The van der Waals surface area contributed by atoms with Gasteiger partial charge in [0, 0.05) is 25.2 Å². The average molecular weight is 129 g/mol. The van der Waals surface area contributed by atoms with Crippen molar-refractivity contribution in [3.63, 3.8) is 0 Å². The number of hydrogen-bond acceptors (Lipinski definition) is 3. The molecule has 0 spiro atoms. The Morgan fingerprint density at radius 2 is 1.56 bits per heavy atom. The SMILES string of the molecule is NCC1CCC(CN)N1. The van der Waals surface area contributed by atoms with Crippen molar-refractivity contribution < 1.29 is 0 Å². The minimum atomic E-state index is 0.526. The third kappa shape index (κ3) is 1.64. The highest BCUT2D eigenvalue weighted by molar-refractivity contribution is 4.83. The third-order valence-corrected chi connectivity index (χ3v) is 1.90. The van der Waals surface area contributed by atoms with Crippen molar-refractivity contribution in [3.8, 4) is 0 Å². The first-order valence-electron chi connectivity index (χ1n) is 3.53. The van der Waals surface area contributed by atoms with Crippen LogP contribution in [0.3, 0.4) is 0 Å². The van der Waals surface area contributed by atoms with Crippen molar-refractivity contribution in [2.75, 3.05) is 13.1 Å². The molecule has 1 saturated heterocycles. The molecule has 9 heavy (non-hydrogen) atoms. The summed E-state index contributed by atoms with van der Waals surface area (Å²) in [6.45, 7) is 1.49. The van der Waals surface area contributed by atoms with Gasteiger partial charge in [-0.1, -0.05) is 0 Å². The fourth-order valence-corrected chi connectivity index (χ4v) is 1.27. The van der Waals surface area contributed by atoms with Crippen LogP contribution in [0.4, 0.5) is 0 Å². The summed E-state index contributed by atoms with van der Waals surface area (Å²) in [5.41, 5.74) is 10.9. The van der Waals surface area contributed by atoms with Gasteiger partial charge < -0.3 is 16.8 Å². The Morgan fingerprint density at radius 1 is 1.11 bits per heavy atom. The van der Waals surface area contributed by atoms with E-state index in [-0.39, 0.29) is 0 Å². The molecule has 2 atom stereocenters. The second-order valence-corrected chi connectivity index (χ2v) is 2.61. The molecule has 0 radical (unpaired) electrons. The van der Waals surface area contributed by atoms with Crippen LogP contribution in [0.5, 0.6) is 0 Å². The number of nitrogens with one attached hydrogen (secondary N) is 1. The van der Waals surface area contributed by atoms with E-state index in [1.807, 2.05) is 0 Å². The first kappa shape index (κ1) is 6.99. The average Bonchev–Trinajstić information content (AvgIpc) is 2.34. The molecule has 0 aromatic carbocycles. The lowest BCUT2D eigenvalue weighted by molar-refractivity contribution is 0.548. The Labute approximate surface area is 55.8 Å². The molecule has 54 valence electrons. The smallest absolute Gasteiger partial charge is 0.0193 e. The van der Waals surface area contributed by atoms with Gasteiger partial charge in [-0.15, -0.1) is 0 Å². The zero-order chi connectivity index (χ0) is 6.69. The van der Waals surface area contributed by atoms with E-state index in [2.05, 4.69) is 5.32 Å². The minimum Gasteiger partial charge on any atom is -0.329 e. The van der Waals surface area contributed by atoms with Crippen LogP contribution in [-0.4, -0.2) is 25.2 Å². The van der Waals surface area contributed by atoms with Gasteiger partial charge >= 0.3 is 0 Å². The van der Waals surface area contributed by atoms with Gasteiger partial charge in [0.2, 0.25) is 0 Å². The molecule has 0 bridgehead atoms. The summed E-state index contributed by atoms with van der Waals surface area (Å²) in [5.74, 6) is 0. The van der Waals surface area contributed by atoms with Gasteiger partial charge in [-0.3, -0.25) is 0 Å². The maximum Gasteiger partial charge on any atom is 0.0193 e. The molecule has 1 rings (SSSR count). The highest BCUT2D eigenvalue weighted by atomic mass is 15.0. The van der Waals surface area contributed by atoms with Crippen molar-refractivity contribution >= 4 is 0 Å². The van der Waals surface area contributed by atoms with Crippen LogP contribution in [0.1, 0.15) is 12.8 Å². The van der Waals surface area contributed by atoms with Crippen molar-refractivity contribution in [2.45, 2.75) is 24.9 Å². The molecule has 0 aromatic heterocycles. The predicted molar refractivity (Wildman–Crippen MR) is 38.1 cm³/mol. The Bertz CT molecular complexity index is 74.4. The van der Waals surface area contributed by atoms with Gasteiger partial charge in [0.15, 0.2) is 0 Å². The van der Waals surface area contributed by atoms with Crippen molar-refractivity contribution in [2.24, 2.45) is 11.5 Å². The summed E-state index contributed by atoms with van der Waals surface area (Å²) in [6.07, 6.45) is 2.39. The Kier molecular flexibility index (Phi) is 2.45. The number of nitrogens with two attached hydrogens (primary N) is 2. The van der Waals surface area contributed by atoms with Crippen LogP contribution in [0.15, 0.2) is 0 Å². The minimum absolute atomic E-state index is 0.526. The van der Waals surface area contributed by atoms with Crippen LogP contribution in [0.25, 0.3) is 0 Å². The van der Waals surface area contributed by atoms with E-state index in [4.69, 9.17) is 11.5 Å². The van der Waals surface area contributed by atoms with Crippen LogP contribution < -0.4 is 16.8 Å². The molecule has 3 heteroatoms. The molecule has 1 aliphatic rings. The standard InChI is InChI=1S/C6H15N3/c7-3-5-1-2-6(4-8)9-5/h5-6,9H,1-4,7-8H2. The molecule has 3 nitrogen and oxygen atoms in total. The monoisotopic (exact) mass is 129 g/mol. The maximum atomic E-state index is 5.45. The van der Waals surface area contributed by atoms with E-state index in [0.717, 1.165) is 13.1 Å². The lowest BCUT2D eigenvalue weighted by Crippen LogP contribution is -2.38. The lowest BCUT2D eigenvalue weighted by atomic mass is 10.2. The zero-order valence-corrected chi connectivity index (χ0v) is 5.64. The van der Waals surface area contributed by atoms with E-state index >= 15 is 0 Å². The molecule has 0 aromatic rings. The summed E-state index contributed by atoms with van der Waals surface area (Å²) in [7, 11) is 0. The van der Waals surface area contributed by atoms with Gasteiger partial charge in [-0.05, 0) is 12.8 Å². The summed E-state index contributed by atoms with van der Waals surface area (Å²) in [5, 5.41) is 3.34. The Morgan fingerprint density at radius 3 is 1.78 bits per heavy atom. The lowest BCUT2D eigenvalue weighted by Gasteiger charge is -2.09. The quantitative estimate of drug-likeness (QED) is 0.449. The predicted octanol–water partition coefficient (Wildman–Crippen LogP) is -0.976. The van der Waals surface area contributed by atoms with Gasteiger partial charge in [-0.25, -0.2) is 0 Å². The van der Waals surface area contributed by atoms with E-state index in [0.29, 0.717) is 12.1 Å². The molecular weight excluding hydrogens is 114 g/mol. The van der Waals surface area contributed by atoms with Gasteiger partial charge in [0.25, 0.3) is 0 Å². The highest BCUT2D eigenvalue weighted by Gasteiger charge is 2.20. The van der Waals surface area contributed by atoms with Crippen molar-refractivity contribution in [3.05, 3.63) is 0 Å².